The molecule has 7 nitrogen and oxygen atoms in total. The van der Waals surface area contributed by atoms with E-state index in [1.54, 1.807) is 54.6 Å². The Morgan fingerprint density at radius 2 is 1.56 bits per heavy atom. The molecule has 0 radical (unpaired) electrons. The summed E-state index contributed by atoms with van der Waals surface area (Å²) in [6.45, 7) is 3.35. The van der Waals surface area contributed by atoms with Gasteiger partial charge in [-0.1, -0.05) is 48.9 Å². The maximum Gasteiger partial charge on any atom is 0.264 e. The van der Waals surface area contributed by atoms with Crippen molar-refractivity contribution >= 4 is 44.8 Å². The molecule has 3 aromatic carbocycles. The molecule has 0 aliphatic rings. The van der Waals surface area contributed by atoms with Crippen molar-refractivity contribution in [2.75, 3.05) is 16.2 Å². The number of nitrogens with zero attached hydrogens (tertiary/aromatic N) is 1. The molecule has 0 saturated carbocycles. The van der Waals surface area contributed by atoms with Gasteiger partial charge in [0.1, 0.15) is 6.54 Å². The summed E-state index contributed by atoms with van der Waals surface area (Å²) in [5.41, 5.74) is 0.920. The van der Waals surface area contributed by atoms with E-state index in [0.29, 0.717) is 22.0 Å². The van der Waals surface area contributed by atoms with E-state index in [1.807, 2.05) is 13.8 Å². The summed E-state index contributed by atoms with van der Waals surface area (Å²) in [5.74, 6) is -0.913. The van der Waals surface area contributed by atoms with Crippen molar-refractivity contribution in [3.05, 3.63) is 89.4 Å². The van der Waals surface area contributed by atoms with Crippen LogP contribution in [0, 0.1) is 0 Å². The zero-order valence-corrected chi connectivity index (χ0v) is 20.4. The molecule has 34 heavy (non-hydrogen) atoms. The van der Waals surface area contributed by atoms with Gasteiger partial charge in [0.25, 0.3) is 15.9 Å². The quantitative estimate of drug-likeness (QED) is 0.446. The first-order chi connectivity index (χ1) is 16.2. The fourth-order valence-electron chi connectivity index (χ4n) is 3.16. The minimum absolute atomic E-state index is 0.00174. The molecule has 9 heteroatoms. The van der Waals surface area contributed by atoms with Gasteiger partial charge in [-0.15, -0.1) is 0 Å². The van der Waals surface area contributed by atoms with Gasteiger partial charge in [-0.25, -0.2) is 8.42 Å². The predicted octanol–water partition coefficient (Wildman–Crippen LogP) is 4.70. The fourth-order valence-corrected chi connectivity index (χ4v) is 4.70. The number of carbonyl (C=O) groups excluding carboxylic acids is 2. The van der Waals surface area contributed by atoms with Crippen LogP contribution in [0.4, 0.5) is 11.4 Å². The summed E-state index contributed by atoms with van der Waals surface area (Å²) >= 11 is 5.91. The topological polar surface area (TPSA) is 95.6 Å². The van der Waals surface area contributed by atoms with Gasteiger partial charge in [0.2, 0.25) is 5.91 Å². The van der Waals surface area contributed by atoms with Gasteiger partial charge in [-0.2, -0.15) is 0 Å². The molecule has 0 saturated heterocycles. The molecule has 0 aliphatic heterocycles. The molecule has 3 aromatic rings. The Morgan fingerprint density at radius 1 is 0.941 bits per heavy atom. The summed E-state index contributed by atoms with van der Waals surface area (Å²) in [6.07, 6.45) is 0.759. The third-order valence-corrected chi connectivity index (χ3v) is 7.21. The zero-order valence-electron chi connectivity index (χ0n) is 18.9. The summed E-state index contributed by atoms with van der Waals surface area (Å²) in [5, 5.41) is 5.96. The van der Waals surface area contributed by atoms with E-state index in [9.17, 15) is 18.0 Å². The average molecular weight is 500 g/mol. The molecule has 2 amide bonds. The van der Waals surface area contributed by atoms with Gasteiger partial charge >= 0.3 is 0 Å². The van der Waals surface area contributed by atoms with Crippen LogP contribution in [0.1, 0.15) is 30.6 Å². The first-order valence-corrected chi connectivity index (χ1v) is 12.6. The molecule has 0 aromatic heterocycles. The van der Waals surface area contributed by atoms with E-state index in [4.69, 9.17) is 11.6 Å². The summed E-state index contributed by atoms with van der Waals surface area (Å²) < 4.78 is 27.8. The second-order valence-corrected chi connectivity index (χ2v) is 9.98. The molecular formula is C25H26ClN3O4S. The normalized spacial score (nSPS) is 12.0. The average Bonchev–Trinajstić information content (AvgIpc) is 2.83. The monoisotopic (exact) mass is 499 g/mol. The number of halogens is 1. The lowest BCUT2D eigenvalue weighted by molar-refractivity contribution is -0.114. The Morgan fingerprint density at radius 3 is 2.21 bits per heavy atom. The Labute approximate surface area is 204 Å². The number of hydrogen-bond acceptors (Lipinski definition) is 4. The van der Waals surface area contributed by atoms with Gasteiger partial charge in [0.15, 0.2) is 0 Å². The van der Waals surface area contributed by atoms with Crippen molar-refractivity contribution in [3.8, 4) is 0 Å². The van der Waals surface area contributed by atoms with E-state index < -0.39 is 22.5 Å². The highest BCUT2D eigenvalue weighted by Crippen LogP contribution is 2.25. The number of benzene rings is 3. The Kier molecular flexibility index (Phi) is 8.31. The van der Waals surface area contributed by atoms with E-state index >= 15 is 0 Å². The van der Waals surface area contributed by atoms with Gasteiger partial charge in [0.05, 0.1) is 21.8 Å². The zero-order chi connectivity index (χ0) is 24.7. The van der Waals surface area contributed by atoms with Crippen molar-refractivity contribution < 1.29 is 18.0 Å². The smallest absolute Gasteiger partial charge is 0.264 e. The third-order valence-electron chi connectivity index (χ3n) is 5.17. The van der Waals surface area contributed by atoms with Crippen LogP contribution in [-0.4, -0.2) is 32.8 Å². The van der Waals surface area contributed by atoms with E-state index in [2.05, 4.69) is 10.6 Å². The van der Waals surface area contributed by atoms with Crippen LogP contribution in [0.5, 0.6) is 0 Å². The number of sulfonamides is 1. The maximum atomic E-state index is 13.4. The number of anilines is 2. The lowest BCUT2D eigenvalue weighted by Gasteiger charge is -2.24. The number of carbonyl (C=O) groups is 2. The fraction of sp³-hybridized carbons (Fsp3) is 0.200. The summed E-state index contributed by atoms with van der Waals surface area (Å²) in [4.78, 5) is 25.7. The Bertz CT molecular complexity index is 1250. The summed E-state index contributed by atoms with van der Waals surface area (Å²) in [6, 6.07) is 20.6. The lowest BCUT2D eigenvalue weighted by atomic mass is 10.1. The van der Waals surface area contributed by atoms with E-state index in [1.165, 1.54) is 24.3 Å². The Hall–Kier alpha value is -3.36. The number of hydrogen-bond donors (Lipinski definition) is 2. The third kappa shape index (κ3) is 6.15. The predicted molar refractivity (Wildman–Crippen MR) is 135 cm³/mol. The molecule has 0 unspecified atom stereocenters. The number of nitrogens with one attached hydrogen (secondary N) is 2. The van der Waals surface area contributed by atoms with Crippen LogP contribution in [0.3, 0.4) is 0 Å². The largest absolute Gasteiger partial charge is 0.350 e. The molecule has 0 aliphatic carbocycles. The maximum absolute atomic E-state index is 13.4. The van der Waals surface area contributed by atoms with Crippen molar-refractivity contribution in [1.82, 2.24) is 5.32 Å². The van der Waals surface area contributed by atoms with Gasteiger partial charge < -0.3 is 10.6 Å². The summed E-state index contributed by atoms with van der Waals surface area (Å²) in [7, 11) is -4.07. The van der Waals surface area contributed by atoms with E-state index in [0.717, 1.165) is 10.7 Å². The number of rotatable bonds is 9. The first-order valence-electron chi connectivity index (χ1n) is 10.8. The minimum atomic E-state index is -4.07. The van der Waals surface area contributed by atoms with Crippen LogP contribution in [0.2, 0.25) is 5.02 Å². The standard InChI is InChI=1S/C25H26ClN3O4S/c1-3-18(2)27-25(31)22-11-7-8-12-23(22)28-24(30)17-29(20-9-5-4-6-10-20)34(32,33)21-15-13-19(26)14-16-21/h4-16,18H,3,17H2,1-2H3,(H,27,31)(H,28,30)/t18-/m0/s1. The van der Waals surface area contributed by atoms with Crippen LogP contribution < -0.4 is 14.9 Å². The number of para-hydroxylation sites is 2. The van der Waals surface area contributed by atoms with Crippen LogP contribution in [0.15, 0.2) is 83.8 Å². The molecule has 0 fully saturated rings. The second kappa shape index (κ2) is 11.2. The van der Waals surface area contributed by atoms with Crippen molar-refractivity contribution in [3.63, 3.8) is 0 Å². The van der Waals surface area contributed by atoms with Crippen LogP contribution in [0.25, 0.3) is 0 Å². The Balaban J connectivity index is 1.88. The minimum Gasteiger partial charge on any atom is -0.350 e. The second-order valence-electron chi connectivity index (χ2n) is 7.68. The van der Waals surface area contributed by atoms with Crippen molar-refractivity contribution in [1.29, 1.82) is 0 Å². The highest BCUT2D eigenvalue weighted by atomic mass is 35.5. The molecule has 3 rings (SSSR count). The van der Waals surface area contributed by atoms with Crippen LogP contribution in [-0.2, 0) is 14.8 Å². The SMILES string of the molecule is CC[C@H](C)NC(=O)c1ccccc1NC(=O)CN(c1ccccc1)S(=O)(=O)c1ccc(Cl)cc1. The van der Waals surface area contributed by atoms with Gasteiger partial charge in [-0.3, -0.25) is 13.9 Å². The van der Waals surface area contributed by atoms with E-state index in [-0.39, 0.29) is 16.8 Å². The molecule has 0 heterocycles. The number of amides is 2. The highest BCUT2D eigenvalue weighted by molar-refractivity contribution is 7.92. The molecule has 0 bridgehead atoms. The molecule has 1 atom stereocenters. The van der Waals surface area contributed by atoms with Gasteiger partial charge in [0, 0.05) is 11.1 Å². The highest BCUT2D eigenvalue weighted by Gasteiger charge is 2.27. The van der Waals surface area contributed by atoms with Gasteiger partial charge in [-0.05, 0) is 61.9 Å². The molecule has 0 spiro atoms. The van der Waals surface area contributed by atoms with Crippen LogP contribution >= 0.6 is 11.6 Å². The molecule has 178 valence electrons. The first kappa shape index (κ1) is 25.3. The lowest BCUT2D eigenvalue weighted by Crippen LogP contribution is -2.38. The van der Waals surface area contributed by atoms with Crippen molar-refractivity contribution in [2.45, 2.75) is 31.2 Å². The molecule has 2 N–H and O–H groups in total. The van der Waals surface area contributed by atoms with Crippen molar-refractivity contribution in [2.24, 2.45) is 0 Å². The molecular weight excluding hydrogens is 474 g/mol.